The van der Waals surface area contributed by atoms with Crippen LogP contribution < -0.4 is 10.7 Å². The molecule has 0 aliphatic rings. The molecule has 0 aromatic carbocycles. The number of hydrogen-bond donors (Lipinski definition) is 1. The molecule has 0 saturated heterocycles. The second-order valence-corrected chi connectivity index (χ2v) is 2.12. The predicted molar refractivity (Wildman–Crippen MR) is 35.6 cm³/mol. The summed E-state index contributed by atoms with van der Waals surface area (Å²) in [6.45, 7) is 1.97. The molecule has 0 spiro atoms. The number of nitrogens with one attached hydrogen (secondary N) is 1. The number of aromatic nitrogens is 1. The minimum absolute atomic E-state index is 0.139. The third-order valence-electron chi connectivity index (χ3n) is 1.27. The predicted octanol–water partition coefficient (Wildman–Crippen LogP) is 0.520. The van der Waals surface area contributed by atoms with E-state index in [4.69, 9.17) is 5.73 Å². The third-order valence-corrected chi connectivity index (χ3v) is 1.27. The molecule has 48 valence electrons. The van der Waals surface area contributed by atoms with Crippen LogP contribution in [0.25, 0.3) is 0 Å². The monoisotopic (exact) mass is 123 g/mol. The quantitative estimate of drug-likeness (QED) is 0.581. The fourth-order valence-corrected chi connectivity index (χ4v) is 0.703. The van der Waals surface area contributed by atoms with Crippen LogP contribution in [0.15, 0.2) is 24.5 Å². The molecule has 1 rings (SSSR count). The van der Waals surface area contributed by atoms with Crippen molar-refractivity contribution in [1.82, 2.24) is 0 Å². The molecule has 2 heteroatoms. The first kappa shape index (κ1) is 6.23. The topological polar surface area (TPSA) is 40.2 Å². The van der Waals surface area contributed by atoms with E-state index in [9.17, 15) is 0 Å². The van der Waals surface area contributed by atoms with Crippen LogP contribution in [0.3, 0.4) is 0 Å². The molecular weight excluding hydrogens is 112 g/mol. The summed E-state index contributed by atoms with van der Waals surface area (Å²) in [6, 6.07) is 4.09. The van der Waals surface area contributed by atoms with Crippen LogP contribution in [0.4, 0.5) is 0 Å². The van der Waals surface area contributed by atoms with Crippen LogP contribution in [0.2, 0.25) is 0 Å². The molecule has 3 N–H and O–H groups in total. The Balaban J connectivity index is 2.85. The molecule has 0 saturated carbocycles. The third kappa shape index (κ3) is 1.50. The lowest BCUT2D eigenvalue weighted by molar-refractivity contribution is -0.378. The van der Waals surface area contributed by atoms with E-state index in [1.54, 1.807) is 0 Å². The lowest BCUT2D eigenvalue weighted by Crippen LogP contribution is -2.07. The zero-order valence-corrected chi connectivity index (χ0v) is 5.46. The summed E-state index contributed by atoms with van der Waals surface area (Å²) in [7, 11) is 0. The summed E-state index contributed by atoms with van der Waals surface area (Å²) in [6.07, 6.45) is 3.75. The normalized spacial score (nSPS) is 13.1. The number of nitrogens with two attached hydrogens (primary N) is 1. The highest BCUT2D eigenvalue weighted by Gasteiger charge is 1.96. The maximum Gasteiger partial charge on any atom is 0.167 e. The number of rotatable bonds is 1. The zero-order chi connectivity index (χ0) is 6.69. The SMILES string of the molecule is CC(N)c1cc[nH+]cc1. The first-order chi connectivity index (χ1) is 4.30. The van der Waals surface area contributed by atoms with Gasteiger partial charge >= 0.3 is 0 Å². The molecule has 1 unspecified atom stereocenters. The number of hydrogen-bond acceptors (Lipinski definition) is 1. The largest absolute Gasteiger partial charge is 0.324 e. The van der Waals surface area contributed by atoms with E-state index in [1.165, 1.54) is 0 Å². The van der Waals surface area contributed by atoms with Gasteiger partial charge in [-0.2, -0.15) is 0 Å². The van der Waals surface area contributed by atoms with Gasteiger partial charge in [-0.1, -0.05) is 0 Å². The maximum atomic E-state index is 5.60. The van der Waals surface area contributed by atoms with Gasteiger partial charge in [0, 0.05) is 18.2 Å². The van der Waals surface area contributed by atoms with Crippen LogP contribution >= 0.6 is 0 Å². The minimum Gasteiger partial charge on any atom is -0.324 e. The van der Waals surface area contributed by atoms with Gasteiger partial charge in [0.2, 0.25) is 0 Å². The smallest absolute Gasteiger partial charge is 0.167 e. The summed E-state index contributed by atoms with van der Waals surface area (Å²) in [5.41, 5.74) is 6.76. The van der Waals surface area contributed by atoms with Gasteiger partial charge in [-0.3, -0.25) is 0 Å². The Hall–Kier alpha value is -0.890. The van der Waals surface area contributed by atoms with Crippen molar-refractivity contribution >= 4 is 0 Å². The molecule has 0 amide bonds. The van der Waals surface area contributed by atoms with Crippen LogP contribution in [0.5, 0.6) is 0 Å². The number of pyridine rings is 1. The van der Waals surface area contributed by atoms with Gasteiger partial charge in [0.25, 0.3) is 0 Å². The van der Waals surface area contributed by atoms with Crippen LogP contribution in [-0.4, -0.2) is 0 Å². The Morgan fingerprint density at radius 2 is 2.00 bits per heavy atom. The average Bonchev–Trinajstić information content (AvgIpc) is 1.90. The number of aromatic amines is 1. The number of H-pyrrole nitrogens is 1. The van der Waals surface area contributed by atoms with Gasteiger partial charge in [0.1, 0.15) is 0 Å². The van der Waals surface area contributed by atoms with Crippen molar-refractivity contribution in [2.75, 3.05) is 0 Å². The van der Waals surface area contributed by atoms with Crippen molar-refractivity contribution in [1.29, 1.82) is 0 Å². The Morgan fingerprint density at radius 1 is 1.44 bits per heavy atom. The first-order valence-electron chi connectivity index (χ1n) is 3.02. The second-order valence-electron chi connectivity index (χ2n) is 2.12. The molecule has 1 aromatic rings. The summed E-state index contributed by atoms with van der Waals surface area (Å²) >= 11 is 0. The molecule has 9 heavy (non-hydrogen) atoms. The molecule has 0 bridgehead atoms. The van der Waals surface area contributed by atoms with Crippen molar-refractivity contribution in [2.45, 2.75) is 13.0 Å². The van der Waals surface area contributed by atoms with E-state index in [0.29, 0.717) is 0 Å². The minimum atomic E-state index is 0.139. The Bertz CT molecular complexity index is 170. The fourth-order valence-electron chi connectivity index (χ4n) is 0.703. The van der Waals surface area contributed by atoms with Gasteiger partial charge in [0.05, 0.1) is 0 Å². The standard InChI is InChI=1S/C7H10N2/c1-6(8)7-2-4-9-5-3-7/h2-6H,8H2,1H3/p+1. The van der Waals surface area contributed by atoms with Crippen molar-refractivity contribution < 1.29 is 4.98 Å². The van der Waals surface area contributed by atoms with Crippen molar-refractivity contribution in [3.63, 3.8) is 0 Å². The van der Waals surface area contributed by atoms with Crippen molar-refractivity contribution in [2.24, 2.45) is 5.73 Å². The van der Waals surface area contributed by atoms with Crippen LogP contribution in [-0.2, 0) is 0 Å². The van der Waals surface area contributed by atoms with E-state index < -0.39 is 0 Å². The van der Waals surface area contributed by atoms with E-state index >= 15 is 0 Å². The molecule has 0 radical (unpaired) electrons. The van der Waals surface area contributed by atoms with Gasteiger partial charge in [-0.05, 0) is 12.5 Å². The van der Waals surface area contributed by atoms with Gasteiger partial charge in [-0.25, -0.2) is 4.98 Å². The van der Waals surface area contributed by atoms with Crippen molar-refractivity contribution in [3.05, 3.63) is 30.1 Å². The highest BCUT2D eigenvalue weighted by Crippen LogP contribution is 2.03. The lowest BCUT2D eigenvalue weighted by atomic mass is 10.1. The highest BCUT2D eigenvalue weighted by molar-refractivity contribution is 5.10. The van der Waals surface area contributed by atoms with E-state index in [2.05, 4.69) is 4.98 Å². The molecule has 0 fully saturated rings. The molecule has 2 nitrogen and oxygen atoms in total. The Morgan fingerprint density at radius 3 is 2.33 bits per heavy atom. The Kier molecular flexibility index (Phi) is 1.80. The summed E-state index contributed by atoms with van der Waals surface area (Å²) in [5.74, 6) is 0. The molecule has 0 aliphatic carbocycles. The lowest BCUT2D eigenvalue weighted by Gasteiger charge is -1.99. The molecule has 1 heterocycles. The average molecular weight is 123 g/mol. The molecule has 1 aromatic heterocycles. The van der Waals surface area contributed by atoms with Gasteiger partial charge in [0.15, 0.2) is 12.4 Å². The molecule has 1 atom stereocenters. The van der Waals surface area contributed by atoms with E-state index in [1.807, 2.05) is 31.5 Å². The maximum absolute atomic E-state index is 5.60. The second kappa shape index (κ2) is 2.60. The van der Waals surface area contributed by atoms with Gasteiger partial charge in [-0.15, -0.1) is 0 Å². The zero-order valence-electron chi connectivity index (χ0n) is 5.46. The summed E-state index contributed by atoms with van der Waals surface area (Å²) < 4.78 is 0. The summed E-state index contributed by atoms with van der Waals surface area (Å²) in [5, 5.41) is 0. The Labute approximate surface area is 54.7 Å². The highest BCUT2D eigenvalue weighted by atomic mass is 14.6. The van der Waals surface area contributed by atoms with Crippen LogP contribution in [0.1, 0.15) is 18.5 Å². The van der Waals surface area contributed by atoms with E-state index in [0.717, 1.165) is 5.56 Å². The van der Waals surface area contributed by atoms with Gasteiger partial charge < -0.3 is 5.73 Å². The fraction of sp³-hybridized carbons (Fsp3) is 0.286. The summed E-state index contributed by atoms with van der Waals surface area (Å²) in [4.78, 5) is 2.93. The molecule has 0 aliphatic heterocycles. The van der Waals surface area contributed by atoms with Crippen molar-refractivity contribution in [3.8, 4) is 0 Å². The molecular formula is C7H11N2+. The van der Waals surface area contributed by atoms with Crippen LogP contribution in [0, 0.1) is 0 Å². The first-order valence-corrected chi connectivity index (χ1v) is 3.02. The van der Waals surface area contributed by atoms with E-state index in [-0.39, 0.29) is 6.04 Å².